The third-order valence-corrected chi connectivity index (χ3v) is 8.37. The Bertz CT molecular complexity index is 902. The molecule has 6 nitrogen and oxygen atoms in total. The van der Waals surface area contributed by atoms with Gasteiger partial charge < -0.3 is 0 Å². The number of nitrogens with zero attached hydrogens (tertiary/aromatic N) is 2. The molecule has 0 aliphatic carbocycles. The van der Waals surface area contributed by atoms with E-state index in [-0.39, 0.29) is 31.6 Å². The zero-order valence-electron chi connectivity index (χ0n) is 12.4. The Hall–Kier alpha value is -1.50. The molecular weight excluding hydrogens is 383 g/mol. The van der Waals surface area contributed by atoms with E-state index in [1.165, 1.54) is 16.7 Å². The van der Waals surface area contributed by atoms with Gasteiger partial charge in [-0.2, -0.15) is 0 Å². The normalized spacial score (nSPS) is 28.7. The number of carboxylic acid groups (broad SMARTS) is 1. The molecule has 23 heavy (non-hydrogen) atoms. The number of β-lactam (4-membered cyclic amide) rings is 1. The van der Waals surface area contributed by atoms with E-state index >= 15 is 0 Å². The van der Waals surface area contributed by atoms with Gasteiger partial charge in [0.1, 0.15) is 0 Å². The average Bonchev–Trinajstić information content (AvgIpc) is 2.93. The first-order chi connectivity index (χ1) is 10.8. The van der Waals surface area contributed by atoms with Crippen LogP contribution in [0.3, 0.4) is 0 Å². The van der Waals surface area contributed by atoms with Crippen molar-refractivity contribution in [2.24, 2.45) is 0 Å². The number of hydrogen-bond acceptors (Lipinski definition) is 4. The molecule has 120 valence electrons. The maximum absolute atomic E-state index is 12.6. The van der Waals surface area contributed by atoms with Crippen LogP contribution in [0.4, 0.5) is 0 Å². The summed E-state index contributed by atoms with van der Waals surface area (Å²) < 4.78 is 2.06. The minimum absolute atomic E-state index is 0.115. The molecule has 0 spiro atoms. The molecule has 3 atom stereocenters. The fourth-order valence-corrected chi connectivity index (χ4v) is 7.55. The topological polar surface area (TPSA) is 79.6 Å². The van der Waals surface area contributed by atoms with Gasteiger partial charge >= 0.3 is 142 Å². The van der Waals surface area contributed by atoms with Crippen LogP contribution in [0, 0.1) is 0 Å². The van der Waals surface area contributed by atoms with Crippen molar-refractivity contribution < 1.29 is 14.7 Å². The molecule has 2 saturated heterocycles. The van der Waals surface area contributed by atoms with Crippen LogP contribution in [-0.4, -0.2) is 56.3 Å². The molecule has 2 fully saturated rings. The number of carbonyl (C=O) groups excluding carboxylic acids is 1. The van der Waals surface area contributed by atoms with Gasteiger partial charge in [0.15, 0.2) is 0 Å². The van der Waals surface area contributed by atoms with Crippen molar-refractivity contribution in [3.8, 4) is 0 Å². The van der Waals surface area contributed by atoms with Crippen LogP contribution in [0.25, 0.3) is 9.65 Å². The summed E-state index contributed by atoms with van der Waals surface area (Å²) in [6.07, 6.45) is 0. The summed E-state index contributed by atoms with van der Waals surface area (Å²) in [4.78, 5) is 38.2. The molecule has 4 rings (SSSR count). The zero-order valence-corrected chi connectivity index (χ0v) is 15.0. The van der Waals surface area contributed by atoms with Gasteiger partial charge in [0.05, 0.1) is 0 Å². The van der Waals surface area contributed by atoms with E-state index in [0.717, 1.165) is 4.26 Å². The molecule has 1 amide bonds. The molecule has 2 aromatic rings. The Morgan fingerprint density at radius 3 is 2.65 bits per heavy atom. The van der Waals surface area contributed by atoms with Gasteiger partial charge in [0, 0.05) is 0 Å². The van der Waals surface area contributed by atoms with E-state index in [1.807, 2.05) is 32.0 Å². The van der Waals surface area contributed by atoms with Gasteiger partial charge in [0.25, 0.3) is 0 Å². The summed E-state index contributed by atoms with van der Waals surface area (Å²) in [6.45, 7) is 3.68. The zero-order chi connectivity index (χ0) is 16.5. The maximum atomic E-state index is 12.6. The summed E-state index contributed by atoms with van der Waals surface area (Å²) in [5.74, 6) is -1.23. The second-order valence-corrected chi connectivity index (χ2v) is 10.2. The Labute approximate surface area is 142 Å². The fraction of sp³-hybridized carbons (Fsp3) is 0.400. The second-order valence-electron chi connectivity index (χ2n) is 6.26. The number of benzene rings is 1. The SMILES string of the molecule is CC1(C)S[C@@H]2[C@H](n3[se]c4ccccc4c3=O)C(=O)N2[C@H]1C(=O)O. The number of thioether (sulfide) groups is 1. The van der Waals surface area contributed by atoms with Crippen molar-refractivity contribution in [3.63, 3.8) is 0 Å². The number of fused-ring (bicyclic) bond motifs is 2. The van der Waals surface area contributed by atoms with Gasteiger partial charge in [-0.25, -0.2) is 0 Å². The van der Waals surface area contributed by atoms with Crippen molar-refractivity contribution in [1.82, 2.24) is 8.46 Å². The molecule has 0 saturated carbocycles. The summed E-state index contributed by atoms with van der Waals surface area (Å²) >= 11 is 1.24. The molecule has 2 aliphatic heterocycles. The van der Waals surface area contributed by atoms with Gasteiger partial charge in [-0.3, -0.25) is 0 Å². The summed E-state index contributed by atoms with van der Waals surface area (Å²) in [5, 5.41) is 9.85. The number of aromatic nitrogens is 1. The number of carboxylic acids is 1. The number of rotatable bonds is 2. The standard InChI is InChI=1S/C15H14N2O4SSe/c1-15(2)10(14(20)21)16-12(19)9(13(16)22-15)17-11(18)7-5-3-4-6-8(7)23-17/h3-6,9-10,13H,1-2H3,(H,20,21)/t9-,10+,13-/m1/s1. The third kappa shape index (κ3) is 1.92. The Morgan fingerprint density at radius 1 is 1.30 bits per heavy atom. The van der Waals surface area contributed by atoms with E-state index in [0.29, 0.717) is 5.39 Å². The minimum atomic E-state index is -0.988. The van der Waals surface area contributed by atoms with Gasteiger partial charge in [-0.1, -0.05) is 0 Å². The van der Waals surface area contributed by atoms with Crippen LogP contribution in [-0.2, 0) is 9.59 Å². The predicted octanol–water partition coefficient (Wildman–Crippen LogP) is 0.746. The van der Waals surface area contributed by atoms with Crippen molar-refractivity contribution in [1.29, 1.82) is 0 Å². The first kappa shape index (κ1) is 15.1. The van der Waals surface area contributed by atoms with E-state index in [1.54, 1.807) is 9.63 Å². The molecule has 1 aromatic heterocycles. The number of carbonyl (C=O) groups is 2. The summed E-state index contributed by atoms with van der Waals surface area (Å²) in [5.41, 5.74) is -0.115. The van der Waals surface area contributed by atoms with Crippen LogP contribution < -0.4 is 5.56 Å². The molecule has 1 aromatic carbocycles. The quantitative estimate of drug-likeness (QED) is 0.598. The molecule has 0 bridgehead atoms. The molecule has 0 unspecified atom stereocenters. The van der Waals surface area contributed by atoms with E-state index in [4.69, 9.17) is 0 Å². The molecule has 3 heterocycles. The van der Waals surface area contributed by atoms with Crippen LogP contribution in [0.2, 0.25) is 0 Å². The molecule has 8 heteroatoms. The molecule has 1 N–H and O–H groups in total. The van der Waals surface area contributed by atoms with Crippen molar-refractivity contribution >= 4 is 48.0 Å². The molecular formula is C15H14N2O4SSe. The summed E-state index contributed by atoms with van der Waals surface area (Å²) in [6, 6.07) is 6.03. The monoisotopic (exact) mass is 398 g/mol. The first-order valence-electron chi connectivity index (χ1n) is 7.16. The van der Waals surface area contributed by atoms with Crippen LogP contribution >= 0.6 is 11.8 Å². The Morgan fingerprint density at radius 2 is 2.00 bits per heavy atom. The molecule has 0 radical (unpaired) electrons. The number of hydrogen-bond donors (Lipinski definition) is 1. The number of aliphatic carboxylic acids is 1. The second kappa shape index (κ2) is 4.75. The van der Waals surface area contributed by atoms with Crippen LogP contribution in [0.5, 0.6) is 0 Å². The number of amides is 1. The van der Waals surface area contributed by atoms with Gasteiger partial charge in [0.2, 0.25) is 0 Å². The van der Waals surface area contributed by atoms with E-state index in [2.05, 4.69) is 0 Å². The third-order valence-electron chi connectivity index (χ3n) is 4.41. The Balaban J connectivity index is 1.78. The van der Waals surface area contributed by atoms with Crippen LogP contribution in [0.1, 0.15) is 19.9 Å². The first-order valence-corrected chi connectivity index (χ1v) is 9.66. The Kier molecular flexibility index (Phi) is 3.11. The fourth-order valence-electron chi connectivity index (χ4n) is 3.38. The van der Waals surface area contributed by atoms with Crippen molar-refractivity contribution in [2.45, 2.75) is 36.1 Å². The summed E-state index contributed by atoms with van der Waals surface area (Å²) in [7, 11) is 0. The predicted molar refractivity (Wildman–Crippen MR) is 87.9 cm³/mol. The van der Waals surface area contributed by atoms with Crippen molar-refractivity contribution in [3.05, 3.63) is 34.6 Å². The van der Waals surface area contributed by atoms with Crippen LogP contribution in [0.15, 0.2) is 29.1 Å². The van der Waals surface area contributed by atoms with E-state index in [9.17, 15) is 19.5 Å². The van der Waals surface area contributed by atoms with Crippen molar-refractivity contribution in [2.75, 3.05) is 0 Å². The van der Waals surface area contributed by atoms with E-state index < -0.39 is 22.8 Å². The van der Waals surface area contributed by atoms with Gasteiger partial charge in [-0.05, 0) is 0 Å². The average molecular weight is 397 g/mol. The van der Waals surface area contributed by atoms with Gasteiger partial charge in [-0.15, -0.1) is 0 Å². The molecule has 2 aliphatic rings.